The summed E-state index contributed by atoms with van der Waals surface area (Å²) in [5.74, 6) is -0.286. The summed E-state index contributed by atoms with van der Waals surface area (Å²) < 4.78 is 39.0. The third kappa shape index (κ3) is 4.30. The van der Waals surface area contributed by atoms with Crippen molar-refractivity contribution in [1.82, 2.24) is 0 Å². The van der Waals surface area contributed by atoms with Crippen molar-refractivity contribution in [2.75, 3.05) is 0 Å². The van der Waals surface area contributed by atoms with Gasteiger partial charge in [-0.05, 0) is 23.8 Å². The number of hydrogen-bond acceptors (Lipinski definition) is 2. The average molecular weight is 216 g/mol. The largest absolute Gasteiger partial charge is 0.573 e. The van der Waals surface area contributed by atoms with Gasteiger partial charge in [-0.15, -0.1) is 13.2 Å². The van der Waals surface area contributed by atoms with Crippen LogP contribution < -0.4 is 4.74 Å². The molecule has 0 amide bonds. The van der Waals surface area contributed by atoms with Crippen LogP contribution in [0.15, 0.2) is 30.3 Å². The molecule has 0 saturated carbocycles. The van der Waals surface area contributed by atoms with E-state index in [4.69, 9.17) is 0 Å². The molecule has 0 spiro atoms. The Bertz CT molecular complexity index is 352. The third-order valence-electron chi connectivity index (χ3n) is 1.48. The molecule has 15 heavy (non-hydrogen) atoms. The SMILES string of the molecule is O=C/C=C/c1ccc(OC(F)(F)F)cc1. The molecule has 5 heteroatoms. The van der Waals surface area contributed by atoms with Crippen molar-refractivity contribution in [3.05, 3.63) is 35.9 Å². The zero-order valence-electron chi connectivity index (χ0n) is 7.49. The van der Waals surface area contributed by atoms with E-state index in [-0.39, 0.29) is 5.75 Å². The Morgan fingerprint density at radius 3 is 2.20 bits per heavy atom. The Kier molecular flexibility index (Phi) is 3.49. The van der Waals surface area contributed by atoms with Crippen molar-refractivity contribution in [2.24, 2.45) is 0 Å². The summed E-state index contributed by atoms with van der Waals surface area (Å²) in [5.41, 5.74) is 0.622. The van der Waals surface area contributed by atoms with E-state index in [1.807, 2.05) is 0 Å². The maximum Gasteiger partial charge on any atom is 0.573 e. The van der Waals surface area contributed by atoms with Crippen LogP contribution in [-0.4, -0.2) is 12.6 Å². The summed E-state index contributed by atoms with van der Waals surface area (Å²) in [7, 11) is 0. The van der Waals surface area contributed by atoms with Crippen molar-refractivity contribution in [3.63, 3.8) is 0 Å². The van der Waals surface area contributed by atoms with Crippen LogP contribution in [0.3, 0.4) is 0 Å². The summed E-state index contributed by atoms with van der Waals surface area (Å²) in [5, 5.41) is 0. The van der Waals surface area contributed by atoms with Crippen LogP contribution in [-0.2, 0) is 4.79 Å². The number of hydrogen-bond donors (Lipinski definition) is 0. The van der Waals surface area contributed by atoms with Crippen molar-refractivity contribution in [1.29, 1.82) is 0 Å². The molecule has 0 aliphatic rings. The van der Waals surface area contributed by atoms with Gasteiger partial charge < -0.3 is 4.74 Å². The van der Waals surface area contributed by atoms with Crippen LogP contribution in [0, 0.1) is 0 Å². The summed E-state index contributed by atoms with van der Waals surface area (Å²) in [6.07, 6.45) is -1.37. The Morgan fingerprint density at radius 2 is 1.73 bits per heavy atom. The van der Waals surface area contributed by atoms with Crippen molar-refractivity contribution in [3.8, 4) is 5.75 Å². The molecule has 0 radical (unpaired) electrons. The fraction of sp³-hybridized carbons (Fsp3) is 0.100. The molecule has 0 N–H and O–H groups in total. The first-order valence-corrected chi connectivity index (χ1v) is 3.99. The van der Waals surface area contributed by atoms with Crippen LogP contribution in [0.5, 0.6) is 5.75 Å². The summed E-state index contributed by atoms with van der Waals surface area (Å²) in [6, 6.07) is 5.19. The lowest BCUT2D eigenvalue weighted by Crippen LogP contribution is -2.16. The van der Waals surface area contributed by atoms with Crippen molar-refractivity contribution < 1.29 is 22.7 Å². The maximum absolute atomic E-state index is 11.8. The minimum atomic E-state index is -4.68. The minimum absolute atomic E-state index is 0.286. The molecule has 1 aromatic rings. The van der Waals surface area contributed by atoms with Gasteiger partial charge in [-0.2, -0.15) is 0 Å². The van der Waals surface area contributed by atoms with E-state index in [2.05, 4.69) is 4.74 Å². The molecular weight excluding hydrogens is 209 g/mol. The van der Waals surface area contributed by atoms with E-state index in [0.717, 1.165) is 0 Å². The number of rotatable bonds is 3. The third-order valence-corrected chi connectivity index (χ3v) is 1.48. The molecule has 0 atom stereocenters. The van der Waals surface area contributed by atoms with Gasteiger partial charge in [0.1, 0.15) is 12.0 Å². The van der Waals surface area contributed by atoms with Crippen LogP contribution in [0.1, 0.15) is 5.56 Å². The maximum atomic E-state index is 11.8. The molecule has 0 aliphatic carbocycles. The molecule has 1 aromatic carbocycles. The molecule has 80 valence electrons. The zero-order valence-corrected chi connectivity index (χ0v) is 7.49. The first-order valence-electron chi connectivity index (χ1n) is 3.99. The van der Waals surface area contributed by atoms with Gasteiger partial charge in [-0.25, -0.2) is 0 Å². The first-order chi connectivity index (χ1) is 7.01. The normalized spacial score (nSPS) is 11.7. The quantitative estimate of drug-likeness (QED) is 0.573. The number of aldehydes is 1. The van der Waals surface area contributed by atoms with Gasteiger partial charge in [0, 0.05) is 0 Å². The van der Waals surface area contributed by atoms with Gasteiger partial charge in [0.25, 0.3) is 0 Å². The van der Waals surface area contributed by atoms with Crippen LogP contribution >= 0.6 is 0 Å². The fourth-order valence-corrected chi connectivity index (χ4v) is 0.931. The number of halogens is 3. The Labute approximate surface area is 84.0 Å². The topological polar surface area (TPSA) is 26.3 Å². The van der Waals surface area contributed by atoms with Crippen LogP contribution in [0.2, 0.25) is 0 Å². The van der Waals surface area contributed by atoms with E-state index < -0.39 is 6.36 Å². The lowest BCUT2D eigenvalue weighted by Gasteiger charge is -2.08. The first kappa shape index (κ1) is 11.3. The molecule has 2 nitrogen and oxygen atoms in total. The molecule has 0 aliphatic heterocycles. The fourth-order valence-electron chi connectivity index (χ4n) is 0.931. The molecule has 1 rings (SSSR count). The summed E-state index contributed by atoms with van der Waals surface area (Å²) >= 11 is 0. The highest BCUT2D eigenvalue weighted by Crippen LogP contribution is 2.22. The van der Waals surface area contributed by atoms with Gasteiger partial charge in [0.15, 0.2) is 0 Å². The van der Waals surface area contributed by atoms with Crippen LogP contribution in [0.4, 0.5) is 13.2 Å². The number of carbonyl (C=O) groups excluding carboxylic acids is 1. The Morgan fingerprint density at radius 1 is 1.13 bits per heavy atom. The summed E-state index contributed by atoms with van der Waals surface area (Å²) in [4.78, 5) is 9.97. The van der Waals surface area contributed by atoms with Gasteiger partial charge in [-0.1, -0.05) is 18.2 Å². The number of alkyl halides is 3. The number of ether oxygens (including phenoxy) is 1. The molecule has 0 saturated heterocycles. The summed E-state index contributed by atoms with van der Waals surface area (Å²) in [6.45, 7) is 0. The molecule has 0 fully saturated rings. The Balaban J connectivity index is 2.72. The predicted molar refractivity (Wildman–Crippen MR) is 48.2 cm³/mol. The zero-order chi connectivity index (χ0) is 11.3. The minimum Gasteiger partial charge on any atom is -0.406 e. The predicted octanol–water partition coefficient (Wildman–Crippen LogP) is 2.80. The van der Waals surface area contributed by atoms with E-state index in [1.165, 1.54) is 36.4 Å². The molecule has 0 aromatic heterocycles. The second kappa shape index (κ2) is 4.63. The smallest absolute Gasteiger partial charge is 0.406 e. The van der Waals surface area contributed by atoms with Gasteiger partial charge in [-0.3, -0.25) is 4.79 Å². The molecular formula is C10H7F3O2. The van der Waals surface area contributed by atoms with E-state index >= 15 is 0 Å². The molecule has 0 bridgehead atoms. The highest BCUT2D eigenvalue weighted by molar-refractivity contribution is 5.73. The van der Waals surface area contributed by atoms with Crippen molar-refractivity contribution >= 4 is 12.4 Å². The number of carbonyl (C=O) groups is 1. The van der Waals surface area contributed by atoms with E-state index in [9.17, 15) is 18.0 Å². The number of allylic oxidation sites excluding steroid dienone is 1. The van der Waals surface area contributed by atoms with Gasteiger partial charge in [0.05, 0.1) is 0 Å². The monoisotopic (exact) mass is 216 g/mol. The highest BCUT2D eigenvalue weighted by Gasteiger charge is 2.30. The average Bonchev–Trinajstić information content (AvgIpc) is 2.14. The second-order valence-electron chi connectivity index (χ2n) is 2.61. The van der Waals surface area contributed by atoms with Crippen molar-refractivity contribution in [2.45, 2.75) is 6.36 Å². The van der Waals surface area contributed by atoms with E-state index in [1.54, 1.807) is 0 Å². The lowest BCUT2D eigenvalue weighted by atomic mass is 10.2. The van der Waals surface area contributed by atoms with Crippen LogP contribution in [0.25, 0.3) is 6.08 Å². The van der Waals surface area contributed by atoms with Gasteiger partial charge in [0.2, 0.25) is 0 Å². The van der Waals surface area contributed by atoms with E-state index in [0.29, 0.717) is 11.8 Å². The second-order valence-corrected chi connectivity index (χ2v) is 2.61. The molecule has 0 unspecified atom stereocenters. The standard InChI is InChI=1S/C10H7F3O2/c11-10(12,13)15-9-5-3-8(4-6-9)2-1-7-14/h1-7H/b2-1+. The highest BCUT2D eigenvalue weighted by atomic mass is 19.4. The van der Waals surface area contributed by atoms with Gasteiger partial charge >= 0.3 is 6.36 Å². The Hall–Kier alpha value is -1.78. The lowest BCUT2D eigenvalue weighted by molar-refractivity contribution is -0.274. The molecule has 0 heterocycles. The number of benzene rings is 1.